The van der Waals surface area contributed by atoms with Crippen LogP contribution in [0.15, 0.2) is 54.6 Å². The Kier molecular flexibility index (Phi) is 6.13. The van der Waals surface area contributed by atoms with Crippen LogP contribution in [0, 0.1) is 5.92 Å². The number of nitrogens with zero attached hydrogens (tertiary/aromatic N) is 2. The Morgan fingerprint density at radius 1 is 0.862 bits per heavy atom. The highest BCUT2D eigenvalue weighted by Crippen LogP contribution is 2.24. The number of urea groups is 1. The molecule has 2 aliphatic heterocycles. The van der Waals surface area contributed by atoms with Crippen molar-refractivity contribution in [3.8, 4) is 0 Å². The summed E-state index contributed by atoms with van der Waals surface area (Å²) in [6.45, 7) is 2.96. The molecule has 0 aliphatic carbocycles. The smallest absolute Gasteiger partial charge is 0.320 e. The third-order valence-corrected chi connectivity index (χ3v) is 5.95. The molecule has 0 unspecified atom stereocenters. The quantitative estimate of drug-likeness (QED) is 0.851. The van der Waals surface area contributed by atoms with Crippen molar-refractivity contribution in [1.29, 1.82) is 0 Å². The lowest BCUT2D eigenvalue weighted by Gasteiger charge is -2.34. The second kappa shape index (κ2) is 9.12. The van der Waals surface area contributed by atoms with E-state index < -0.39 is 0 Å². The molecule has 29 heavy (non-hydrogen) atoms. The molecule has 2 heterocycles. The van der Waals surface area contributed by atoms with Crippen LogP contribution in [-0.2, 0) is 11.2 Å². The Morgan fingerprint density at radius 2 is 1.55 bits per heavy atom. The van der Waals surface area contributed by atoms with Gasteiger partial charge >= 0.3 is 6.03 Å². The zero-order valence-electron chi connectivity index (χ0n) is 16.8. The van der Waals surface area contributed by atoms with Crippen molar-refractivity contribution < 1.29 is 9.59 Å². The molecule has 0 saturated carbocycles. The van der Waals surface area contributed by atoms with Crippen LogP contribution in [0.5, 0.6) is 0 Å². The highest BCUT2D eigenvalue weighted by Gasteiger charge is 2.31. The maximum atomic E-state index is 13.0. The number of piperidine rings is 1. The maximum Gasteiger partial charge on any atom is 0.320 e. The molecule has 0 aromatic heterocycles. The molecule has 5 nitrogen and oxygen atoms in total. The van der Waals surface area contributed by atoms with Crippen LogP contribution >= 0.6 is 0 Å². The third kappa shape index (κ3) is 4.78. The SMILES string of the molecule is O=C(Nc1ccccc1Cc1ccccc1)[C@@H]1CCCN(C(=O)N2CCCC2)C1. The predicted octanol–water partition coefficient (Wildman–Crippen LogP) is 4.14. The second-order valence-corrected chi connectivity index (χ2v) is 8.07. The fourth-order valence-electron chi connectivity index (χ4n) is 4.32. The Hall–Kier alpha value is -2.82. The van der Waals surface area contributed by atoms with Crippen molar-refractivity contribution in [2.45, 2.75) is 32.1 Å². The topological polar surface area (TPSA) is 52.7 Å². The summed E-state index contributed by atoms with van der Waals surface area (Å²) in [6.07, 6.45) is 4.66. The van der Waals surface area contributed by atoms with Crippen LogP contribution in [0.1, 0.15) is 36.8 Å². The standard InChI is InChI=1S/C24H29N3O2/c28-23(21-12-8-16-27(18-21)24(29)26-14-6-7-15-26)25-22-13-5-4-11-20(22)17-19-9-2-1-3-10-19/h1-5,9-11,13,21H,6-8,12,14-18H2,(H,25,28)/t21-/m1/s1. The minimum absolute atomic E-state index is 0.0180. The summed E-state index contributed by atoms with van der Waals surface area (Å²) in [5.74, 6) is -0.135. The van der Waals surface area contributed by atoms with E-state index in [-0.39, 0.29) is 17.9 Å². The molecular weight excluding hydrogens is 362 g/mol. The number of likely N-dealkylation sites (tertiary alicyclic amines) is 2. The molecule has 1 N–H and O–H groups in total. The molecule has 2 aliphatic rings. The summed E-state index contributed by atoms with van der Waals surface area (Å²) < 4.78 is 0. The van der Waals surface area contributed by atoms with Crippen LogP contribution in [0.3, 0.4) is 0 Å². The van der Waals surface area contributed by atoms with E-state index >= 15 is 0 Å². The summed E-state index contributed by atoms with van der Waals surface area (Å²) in [5, 5.41) is 3.14. The molecule has 1 atom stereocenters. The van der Waals surface area contributed by atoms with E-state index in [1.165, 1.54) is 5.56 Å². The summed E-state index contributed by atoms with van der Waals surface area (Å²) in [5.41, 5.74) is 3.19. The Bertz CT molecular complexity index is 846. The number of nitrogens with one attached hydrogen (secondary N) is 1. The van der Waals surface area contributed by atoms with Crippen LogP contribution in [0.25, 0.3) is 0 Å². The van der Waals surface area contributed by atoms with Crippen LogP contribution in [0.2, 0.25) is 0 Å². The van der Waals surface area contributed by atoms with Gasteiger partial charge in [-0.05, 0) is 49.3 Å². The molecule has 0 spiro atoms. The van der Waals surface area contributed by atoms with E-state index in [1.807, 2.05) is 46.2 Å². The Labute approximate surface area is 172 Å². The van der Waals surface area contributed by atoms with Gasteiger partial charge in [0, 0.05) is 31.9 Å². The van der Waals surface area contributed by atoms with Crippen molar-refractivity contribution in [2.24, 2.45) is 5.92 Å². The number of anilines is 1. The lowest BCUT2D eigenvalue weighted by molar-refractivity contribution is -0.121. The van der Waals surface area contributed by atoms with Crippen molar-refractivity contribution in [3.05, 3.63) is 65.7 Å². The zero-order valence-corrected chi connectivity index (χ0v) is 16.8. The van der Waals surface area contributed by atoms with Gasteiger partial charge in [0.25, 0.3) is 0 Å². The highest BCUT2D eigenvalue weighted by atomic mass is 16.2. The Morgan fingerprint density at radius 3 is 2.34 bits per heavy atom. The summed E-state index contributed by atoms with van der Waals surface area (Å²) in [7, 11) is 0. The molecule has 2 aromatic rings. The van der Waals surface area contributed by atoms with E-state index in [2.05, 4.69) is 23.5 Å². The monoisotopic (exact) mass is 391 g/mol. The number of para-hydroxylation sites is 1. The van der Waals surface area contributed by atoms with Crippen molar-refractivity contribution in [3.63, 3.8) is 0 Å². The van der Waals surface area contributed by atoms with Gasteiger partial charge in [-0.15, -0.1) is 0 Å². The predicted molar refractivity (Wildman–Crippen MR) is 115 cm³/mol. The highest BCUT2D eigenvalue weighted by molar-refractivity contribution is 5.94. The van der Waals surface area contributed by atoms with Gasteiger partial charge in [-0.1, -0.05) is 48.5 Å². The van der Waals surface area contributed by atoms with Gasteiger partial charge in [0.1, 0.15) is 0 Å². The number of benzene rings is 2. The van der Waals surface area contributed by atoms with E-state index in [9.17, 15) is 9.59 Å². The first-order valence-electron chi connectivity index (χ1n) is 10.7. The van der Waals surface area contributed by atoms with E-state index in [0.717, 1.165) is 63.0 Å². The van der Waals surface area contributed by atoms with Gasteiger partial charge in [0.15, 0.2) is 0 Å². The average molecular weight is 392 g/mol. The first-order chi connectivity index (χ1) is 14.2. The van der Waals surface area contributed by atoms with Crippen molar-refractivity contribution >= 4 is 17.6 Å². The molecule has 4 rings (SSSR count). The lowest BCUT2D eigenvalue weighted by atomic mass is 9.96. The zero-order chi connectivity index (χ0) is 20.1. The first kappa shape index (κ1) is 19.5. The second-order valence-electron chi connectivity index (χ2n) is 8.07. The summed E-state index contributed by atoms with van der Waals surface area (Å²) in [6, 6.07) is 18.4. The first-order valence-corrected chi connectivity index (χ1v) is 10.7. The molecule has 0 bridgehead atoms. The van der Waals surface area contributed by atoms with E-state index in [1.54, 1.807) is 0 Å². The van der Waals surface area contributed by atoms with Gasteiger partial charge in [0.05, 0.1) is 5.92 Å². The normalized spacial score (nSPS) is 19.2. The minimum atomic E-state index is -0.153. The van der Waals surface area contributed by atoms with Gasteiger partial charge in [-0.2, -0.15) is 0 Å². The average Bonchev–Trinajstić information content (AvgIpc) is 3.30. The van der Waals surface area contributed by atoms with Gasteiger partial charge in [-0.3, -0.25) is 4.79 Å². The molecule has 2 fully saturated rings. The number of hydrogen-bond acceptors (Lipinski definition) is 2. The number of carbonyl (C=O) groups is 2. The van der Waals surface area contributed by atoms with E-state index in [4.69, 9.17) is 0 Å². The fraction of sp³-hybridized carbons (Fsp3) is 0.417. The van der Waals surface area contributed by atoms with Gasteiger partial charge < -0.3 is 15.1 Å². The molecule has 3 amide bonds. The third-order valence-electron chi connectivity index (χ3n) is 5.95. The molecule has 152 valence electrons. The molecule has 5 heteroatoms. The molecule has 2 saturated heterocycles. The number of rotatable bonds is 4. The van der Waals surface area contributed by atoms with Crippen LogP contribution in [-0.4, -0.2) is 47.9 Å². The number of hydrogen-bond donors (Lipinski definition) is 1. The molecule has 2 aromatic carbocycles. The number of carbonyl (C=O) groups excluding carboxylic acids is 2. The summed E-state index contributed by atoms with van der Waals surface area (Å²) >= 11 is 0. The maximum absolute atomic E-state index is 13.0. The largest absolute Gasteiger partial charge is 0.326 e. The van der Waals surface area contributed by atoms with Crippen LogP contribution < -0.4 is 5.32 Å². The Balaban J connectivity index is 1.40. The van der Waals surface area contributed by atoms with E-state index in [0.29, 0.717) is 6.54 Å². The lowest BCUT2D eigenvalue weighted by Crippen LogP contribution is -2.48. The van der Waals surface area contributed by atoms with Gasteiger partial charge in [-0.25, -0.2) is 4.79 Å². The molecule has 0 radical (unpaired) electrons. The molecular formula is C24H29N3O2. The summed E-state index contributed by atoms with van der Waals surface area (Å²) in [4.78, 5) is 29.5. The van der Waals surface area contributed by atoms with Gasteiger partial charge in [0.2, 0.25) is 5.91 Å². The van der Waals surface area contributed by atoms with Crippen LogP contribution in [0.4, 0.5) is 10.5 Å². The van der Waals surface area contributed by atoms with Crippen molar-refractivity contribution in [2.75, 3.05) is 31.5 Å². The number of amides is 3. The fourth-order valence-corrected chi connectivity index (χ4v) is 4.32. The van der Waals surface area contributed by atoms with Crippen molar-refractivity contribution in [1.82, 2.24) is 9.80 Å². The minimum Gasteiger partial charge on any atom is -0.326 e.